The Kier molecular flexibility index (Phi) is 3.52. The SMILES string of the molecule is [O-][S+](Nc1cccnn1)c1ccc2c(c1)OCCC2. The van der Waals surface area contributed by atoms with Crippen molar-refractivity contribution in [3.05, 3.63) is 42.1 Å². The van der Waals surface area contributed by atoms with Crippen LogP contribution in [0.25, 0.3) is 0 Å². The van der Waals surface area contributed by atoms with E-state index in [2.05, 4.69) is 14.9 Å². The van der Waals surface area contributed by atoms with Crippen molar-refractivity contribution in [2.75, 3.05) is 11.3 Å². The average Bonchev–Trinajstić information content (AvgIpc) is 2.48. The van der Waals surface area contributed by atoms with E-state index in [4.69, 9.17) is 4.74 Å². The van der Waals surface area contributed by atoms with Crippen molar-refractivity contribution in [1.82, 2.24) is 10.2 Å². The Labute approximate surface area is 114 Å². The van der Waals surface area contributed by atoms with E-state index in [0.717, 1.165) is 25.2 Å². The predicted octanol–water partition coefficient (Wildman–Crippen LogP) is 1.94. The lowest BCUT2D eigenvalue weighted by atomic mass is 10.1. The average molecular weight is 275 g/mol. The molecule has 1 N–H and O–H groups in total. The third kappa shape index (κ3) is 2.80. The second-order valence-corrected chi connectivity index (χ2v) is 5.41. The second kappa shape index (κ2) is 5.46. The summed E-state index contributed by atoms with van der Waals surface area (Å²) < 4.78 is 20.6. The normalized spacial score (nSPS) is 15.2. The van der Waals surface area contributed by atoms with Gasteiger partial charge in [0.25, 0.3) is 0 Å². The van der Waals surface area contributed by atoms with Crippen LogP contribution in [0.4, 0.5) is 5.82 Å². The molecule has 0 saturated heterocycles. The van der Waals surface area contributed by atoms with Gasteiger partial charge in [-0.15, -0.1) is 5.10 Å². The van der Waals surface area contributed by atoms with Crippen LogP contribution in [0.3, 0.4) is 0 Å². The number of nitrogens with one attached hydrogen (secondary N) is 1. The second-order valence-electron chi connectivity index (χ2n) is 4.20. The summed E-state index contributed by atoms with van der Waals surface area (Å²) in [6.07, 6.45) is 3.62. The number of hydrogen-bond acceptors (Lipinski definition) is 5. The van der Waals surface area contributed by atoms with Gasteiger partial charge < -0.3 is 9.29 Å². The van der Waals surface area contributed by atoms with E-state index in [1.54, 1.807) is 18.3 Å². The van der Waals surface area contributed by atoms with Gasteiger partial charge in [0.05, 0.1) is 6.61 Å². The van der Waals surface area contributed by atoms with Crippen LogP contribution >= 0.6 is 0 Å². The number of aromatic nitrogens is 2. The number of rotatable bonds is 3. The van der Waals surface area contributed by atoms with Crippen LogP contribution in [0.5, 0.6) is 5.75 Å². The smallest absolute Gasteiger partial charge is 0.192 e. The Morgan fingerprint density at radius 3 is 3.11 bits per heavy atom. The zero-order valence-corrected chi connectivity index (χ0v) is 11.0. The molecule has 1 aromatic heterocycles. The van der Waals surface area contributed by atoms with E-state index in [0.29, 0.717) is 10.7 Å². The molecule has 3 rings (SSSR count). The third-order valence-corrected chi connectivity index (χ3v) is 3.95. The summed E-state index contributed by atoms with van der Waals surface area (Å²) >= 11 is -1.36. The molecule has 0 fully saturated rings. The standard InChI is InChI=1S/C13H13N3O2S/c17-19(16-13-4-1-7-14-15-13)11-6-5-10-3-2-8-18-12(10)9-11/h1,4-7,9H,2-3,8H2,(H,15,16). The molecule has 1 aromatic carbocycles. The zero-order valence-electron chi connectivity index (χ0n) is 10.2. The molecule has 1 atom stereocenters. The van der Waals surface area contributed by atoms with E-state index < -0.39 is 11.4 Å². The summed E-state index contributed by atoms with van der Waals surface area (Å²) in [7, 11) is 0. The van der Waals surface area contributed by atoms with Gasteiger partial charge in [-0.1, -0.05) is 6.07 Å². The van der Waals surface area contributed by atoms with E-state index in [1.807, 2.05) is 18.2 Å². The highest BCUT2D eigenvalue weighted by atomic mass is 32.2. The lowest BCUT2D eigenvalue weighted by Crippen LogP contribution is -2.15. The Bertz CT molecular complexity index is 565. The minimum Gasteiger partial charge on any atom is -0.588 e. The van der Waals surface area contributed by atoms with Crippen LogP contribution in [-0.4, -0.2) is 21.4 Å². The van der Waals surface area contributed by atoms with Gasteiger partial charge in [0.1, 0.15) is 17.1 Å². The van der Waals surface area contributed by atoms with E-state index in [9.17, 15) is 4.55 Å². The lowest BCUT2D eigenvalue weighted by molar-refractivity contribution is 0.287. The molecule has 0 aliphatic carbocycles. The molecule has 0 spiro atoms. The number of anilines is 1. The molecule has 19 heavy (non-hydrogen) atoms. The zero-order chi connectivity index (χ0) is 13.1. The van der Waals surface area contributed by atoms with Crippen LogP contribution in [0.15, 0.2) is 41.4 Å². The van der Waals surface area contributed by atoms with Crippen LogP contribution in [0, 0.1) is 0 Å². The fourth-order valence-corrected chi connectivity index (χ4v) is 2.77. The highest BCUT2D eigenvalue weighted by molar-refractivity contribution is 7.92. The van der Waals surface area contributed by atoms with Gasteiger partial charge in [0.2, 0.25) is 0 Å². The molecule has 1 unspecified atom stereocenters. The highest BCUT2D eigenvalue weighted by Crippen LogP contribution is 2.28. The maximum absolute atomic E-state index is 12.2. The molecular formula is C13H13N3O2S. The molecule has 0 radical (unpaired) electrons. The van der Waals surface area contributed by atoms with Gasteiger partial charge in [0.15, 0.2) is 10.7 Å². The Hall–Kier alpha value is -1.79. The highest BCUT2D eigenvalue weighted by Gasteiger charge is 2.17. The molecule has 2 heterocycles. The first kappa shape index (κ1) is 12.3. The topological polar surface area (TPSA) is 70.1 Å². The van der Waals surface area contributed by atoms with Crippen molar-refractivity contribution >= 4 is 17.2 Å². The van der Waals surface area contributed by atoms with Crippen LogP contribution in [0.2, 0.25) is 0 Å². The quantitative estimate of drug-likeness (QED) is 0.867. The molecule has 98 valence electrons. The molecule has 0 bridgehead atoms. The monoisotopic (exact) mass is 275 g/mol. The summed E-state index contributed by atoms with van der Waals surface area (Å²) in [5, 5.41) is 7.58. The van der Waals surface area contributed by atoms with Crippen molar-refractivity contribution in [1.29, 1.82) is 0 Å². The summed E-state index contributed by atoms with van der Waals surface area (Å²) in [6.45, 7) is 0.723. The maximum atomic E-state index is 12.2. The molecule has 0 saturated carbocycles. The fourth-order valence-electron chi connectivity index (χ4n) is 1.95. The Morgan fingerprint density at radius 2 is 2.26 bits per heavy atom. The maximum Gasteiger partial charge on any atom is 0.192 e. The van der Waals surface area contributed by atoms with Crippen LogP contribution in [0.1, 0.15) is 12.0 Å². The molecule has 6 heteroatoms. The fraction of sp³-hybridized carbons (Fsp3) is 0.231. The molecule has 1 aliphatic heterocycles. The summed E-state index contributed by atoms with van der Waals surface area (Å²) in [6, 6.07) is 9.11. The first-order chi connectivity index (χ1) is 9.33. The van der Waals surface area contributed by atoms with Crippen molar-refractivity contribution in [3.8, 4) is 5.75 Å². The third-order valence-electron chi connectivity index (χ3n) is 2.87. The van der Waals surface area contributed by atoms with E-state index >= 15 is 0 Å². The number of fused-ring (bicyclic) bond motifs is 1. The number of benzene rings is 1. The van der Waals surface area contributed by atoms with Gasteiger partial charge >= 0.3 is 0 Å². The first-order valence-electron chi connectivity index (χ1n) is 6.05. The van der Waals surface area contributed by atoms with Gasteiger partial charge in [-0.25, -0.2) is 0 Å². The molecule has 0 amide bonds. The largest absolute Gasteiger partial charge is 0.588 e. The number of nitrogens with zero attached hydrogens (tertiary/aromatic N) is 2. The minimum absolute atomic E-state index is 0.486. The van der Waals surface area contributed by atoms with Crippen molar-refractivity contribution in [3.63, 3.8) is 0 Å². The summed E-state index contributed by atoms with van der Waals surface area (Å²) in [5.41, 5.74) is 1.17. The van der Waals surface area contributed by atoms with E-state index in [1.165, 1.54) is 5.56 Å². The number of hydrogen-bond donors (Lipinski definition) is 1. The Balaban J connectivity index is 1.78. The van der Waals surface area contributed by atoms with Gasteiger partial charge in [-0.2, -0.15) is 9.82 Å². The van der Waals surface area contributed by atoms with Crippen molar-refractivity contribution in [2.45, 2.75) is 17.7 Å². The van der Waals surface area contributed by atoms with Crippen molar-refractivity contribution < 1.29 is 9.29 Å². The van der Waals surface area contributed by atoms with Gasteiger partial charge in [0, 0.05) is 12.3 Å². The Morgan fingerprint density at radius 1 is 1.32 bits per heavy atom. The molecule has 2 aromatic rings. The summed E-state index contributed by atoms with van der Waals surface area (Å²) in [5.74, 6) is 1.32. The molecular weight excluding hydrogens is 262 g/mol. The lowest BCUT2D eigenvalue weighted by Gasteiger charge is -2.18. The van der Waals surface area contributed by atoms with Gasteiger partial charge in [-0.3, -0.25) is 0 Å². The first-order valence-corrected chi connectivity index (χ1v) is 7.20. The summed E-state index contributed by atoms with van der Waals surface area (Å²) in [4.78, 5) is 0.673. The molecule has 1 aliphatic rings. The van der Waals surface area contributed by atoms with Crippen molar-refractivity contribution in [2.24, 2.45) is 0 Å². The van der Waals surface area contributed by atoms with Crippen LogP contribution in [-0.2, 0) is 17.8 Å². The van der Waals surface area contributed by atoms with E-state index in [-0.39, 0.29) is 0 Å². The van der Waals surface area contributed by atoms with Gasteiger partial charge in [-0.05, 0) is 36.6 Å². The number of ether oxygens (including phenoxy) is 1. The number of aryl methyl sites for hydroxylation is 1. The molecule has 5 nitrogen and oxygen atoms in total. The van der Waals surface area contributed by atoms with Crippen LogP contribution < -0.4 is 9.46 Å². The minimum atomic E-state index is -1.36. The predicted molar refractivity (Wildman–Crippen MR) is 72.3 cm³/mol.